The highest BCUT2D eigenvalue weighted by Crippen LogP contribution is 2.57. The van der Waals surface area contributed by atoms with Gasteiger partial charge in [0.2, 0.25) is 0 Å². The van der Waals surface area contributed by atoms with E-state index in [1.165, 1.54) is 28.1 Å². The predicted molar refractivity (Wildman–Crippen MR) is 316 cm³/mol. The fourth-order valence-electron chi connectivity index (χ4n) is 11.3. The maximum Gasteiger partial charge on any atom is 0.164 e. The lowest BCUT2D eigenvalue weighted by molar-refractivity contribution is 0.632. The van der Waals surface area contributed by atoms with Gasteiger partial charge in [-0.05, 0) is 102 Å². The molecule has 0 unspecified atom stereocenters. The van der Waals surface area contributed by atoms with Gasteiger partial charge in [-0.25, -0.2) is 15.0 Å². The molecule has 11 aromatic carbocycles. The largest absolute Gasteiger partial charge is 0.310 e. The van der Waals surface area contributed by atoms with Crippen LogP contribution in [0.5, 0.6) is 0 Å². The molecule has 13 rings (SSSR count). The third-order valence-corrected chi connectivity index (χ3v) is 14.9. The molecule has 0 radical (unpaired) electrons. The van der Waals surface area contributed by atoms with Crippen molar-refractivity contribution in [2.75, 3.05) is 4.90 Å². The van der Waals surface area contributed by atoms with Gasteiger partial charge in [-0.1, -0.05) is 269 Å². The van der Waals surface area contributed by atoms with Crippen molar-refractivity contribution in [1.29, 1.82) is 0 Å². The fraction of sp³-hybridized carbons (Fsp3) is 0.0417. The Hall–Kier alpha value is -9.77. The van der Waals surface area contributed by atoms with Crippen molar-refractivity contribution in [3.8, 4) is 101 Å². The average Bonchev–Trinajstić information content (AvgIpc) is 3.57. The van der Waals surface area contributed by atoms with Crippen molar-refractivity contribution in [3.63, 3.8) is 0 Å². The number of rotatable bonds is 10. The molecule has 0 saturated heterocycles. The van der Waals surface area contributed by atoms with Gasteiger partial charge in [0.25, 0.3) is 0 Å². The molecule has 1 aromatic heterocycles. The van der Waals surface area contributed by atoms with E-state index in [9.17, 15) is 0 Å². The van der Waals surface area contributed by atoms with Gasteiger partial charge in [0.05, 0.1) is 11.4 Å². The highest BCUT2D eigenvalue weighted by molar-refractivity contribution is 6.15. The van der Waals surface area contributed by atoms with Gasteiger partial charge in [-0.2, -0.15) is 0 Å². The van der Waals surface area contributed by atoms with Gasteiger partial charge in [-0.15, -0.1) is 0 Å². The molecule has 0 fully saturated rings. The van der Waals surface area contributed by atoms with Gasteiger partial charge in [0.1, 0.15) is 0 Å². The number of nitrogens with zero attached hydrogens (tertiary/aromatic N) is 4. The normalized spacial score (nSPS) is 12.4. The Balaban J connectivity index is 1.10. The summed E-state index contributed by atoms with van der Waals surface area (Å²) in [6.45, 7) is 4.68. The number of hydrogen-bond acceptors (Lipinski definition) is 4. The summed E-state index contributed by atoms with van der Waals surface area (Å²) in [5.41, 5.74) is 22.3. The minimum Gasteiger partial charge on any atom is -0.310 e. The SMILES string of the molecule is CC1(C)c2ccccc2N(c2ccc(-c3c(-c4ccccc4)c(-c4ccccc4)c(-c4ccccc4)c(-c4ccccc4)c3-c3ccc(-c4nc(-c5ccccc5)nc(-c5ccccc5)n4)cc3)cc2)c2ccccc21. The summed E-state index contributed by atoms with van der Waals surface area (Å²) in [6.07, 6.45) is 0. The third-order valence-electron chi connectivity index (χ3n) is 14.9. The quantitative estimate of drug-likeness (QED) is 0.137. The number of aromatic nitrogens is 3. The second-order valence-electron chi connectivity index (χ2n) is 19.9. The van der Waals surface area contributed by atoms with Crippen LogP contribution in [0.3, 0.4) is 0 Å². The number of hydrogen-bond donors (Lipinski definition) is 0. The topological polar surface area (TPSA) is 41.9 Å². The first-order chi connectivity index (χ1) is 37.5. The molecular formula is C72H52N4. The Bertz CT molecular complexity index is 3900. The van der Waals surface area contributed by atoms with Gasteiger partial charge in [0, 0.05) is 27.8 Å². The van der Waals surface area contributed by atoms with E-state index in [0.29, 0.717) is 17.5 Å². The van der Waals surface area contributed by atoms with Crippen molar-refractivity contribution in [1.82, 2.24) is 15.0 Å². The monoisotopic (exact) mass is 972 g/mol. The third kappa shape index (κ3) is 8.27. The van der Waals surface area contributed by atoms with Crippen LogP contribution in [-0.2, 0) is 5.41 Å². The van der Waals surface area contributed by atoms with Crippen LogP contribution in [0.2, 0.25) is 0 Å². The first-order valence-corrected chi connectivity index (χ1v) is 26.0. The zero-order valence-electron chi connectivity index (χ0n) is 42.3. The lowest BCUT2D eigenvalue weighted by atomic mass is 9.73. The Morgan fingerprint density at radius 2 is 0.461 bits per heavy atom. The Kier molecular flexibility index (Phi) is 11.9. The van der Waals surface area contributed by atoms with E-state index in [1.807, 2.05) is 36.4 Å². The molecule has 4 heteroatoms. The maximum atomic E-state index is 5.14. The molecule has 0 saturated carbocycles. The van der Waals surface area contributed by atoms with E-state index < -0.39 is 0 Å². The number of anilines is 3. The summed E-state index contributed by atoms with van der Waals surface area (Å²) in [7, 11) is 0. The summed E-state index contributed by atoms with van der Waals surface area (Å²) in [4.78, 5) is 17.7. The highest BCUT2D eigenvalue weighted by Gasteiger charge is 2.37. The van der Waals surface area contributed by atoms with Crippen molar-refractivity contribution in [2.45, 2.75) is 19.3 Å². The molecule has 2 heterocycles. The van der Waals surface area contributed by atoms with E-state index in [4.69, 9.17) is 15.0 Å². The molecule has 0 atom stereocenters. The summed E-state index contributed by atoms with van der Waals surface area (Å²) in [6, 6.07) is 100. The van der Waals surface area contributed by atoms with Crippen LogP contribution in [0.25, 0.3) is 101 Å². The van der Waals surface area contributed by atoms with Gasteiger partial charge in [0.15, 0.2) is 17.5 Å². The standard InChI is InChI=1S/C72H52N4/c1-72(2)59-37-21-23-39-61(59)76(62-40-24-22-38-60(62)72)58-47-45-54(46-48-58)68-66(52-31-15-6-16-32-52)64(50-27-11-4-12-28-50)63(49-25-9-3-10-26-49)65(51-29-13-5-14-30-51)67(68)53-41-43-57(44-42-53)71-74-69(55-33-17-7-18-34-55)73-70(75-71)56-35-19-8-20-36-56/h3-48H,1-2H3. The molecule has 0 aliphatic carbocycles. The molecule has 4 nitrogen and oxygen atoms in total. The molecule has 0 bridgehead atoms. The molecular weight excluding hydrogens is 921 g/mol. The second kappa shape index (κ2) is 19.6. The van der Waals surface area contributed by atoms with E-state index >= 15 is 0 Å². The molecule has 1 aliphatic heterocycles. The molecule has 12 aromatic rings. The first kappa shape index (κ1) is 46.0. The van der Waals surface area contributed by atoms with Crippen LogP contribution in [0, 0.1) is 0 Å². The number of fused-ring (bicyclic) bond motifs is 2. The molecule has 76 heavy (non-hydrogen) atoms. The van der Waals surface area contributed by atoms with Gasteiger partial charge >= 0.3 is 0 Å². The minimum absolute atomic E-state index is 0.168. The number of benzene rings is 11. The molecule has 360 valence electrons. The Labute approximate surface area is 445 Å². The van der Waals surface area contributed by atoms with E-state index in [2.05, 4.69) is 261 Å². The molecule has 0 spiro atoms. The van der Waals surface area contributed by atoms with Crippen LogP contribution in [0.1, 0.15) is 25.0 Å². The first-order valence-electron chi connectivity index (χ1n) is 26.0. The van der Waals surface area contributed by atoms with Crippen LogP contribution in [0.15, 0.2) is 279 Å². The molecule has 1 aliphatic rings. The minimum atomic E-state index is -0.168. The summed E-state index contributed by atoms with van der Waals surface area (Å²) < 4.78 is 0. The van der Waals surface area contributed by atoms with E-state index in [0.717, 1.165) is 83.6 Å². The zero-order valence-corrected chi connectivity index (χ0v) is 42.3. The van der Waals surface area contributed by atoms with Crippen LogP contribution < -0.4 is 4.90 Å². The smallest absolute Gasteiger partial charge is 0.164 e. The van der Waals surface area contributed by atoms with Crippen molar-refractivity contribution < 1.29 is 0 Å². The van der Waals surface area contributed by atoms with Crippen molar-refractivity contribution in [3.05, 3.63) is 290 Å². The van der Waals surface area contributed by atoms with E-state index in [-0.39, 0.29) is 5.41 Å². The highest BCUT2D eigenvalue weighted by atomic mass is 15.2. The van der Waals surface area contributed by atoms with Gasteiger partial charge in [-0.3, -0.25) is 0 Å². The fourth-order valence-corrected chi connectivity index (χ4v) is 11.3. The Morgan fingerprint density at radius 1 is 0.237 bits per heavy atom. The van der Waals surface area contributed by atoms with Crippen molar-refractivity contribution >= 4 is 17.1 Å². The predicted octanol–water partition coefficient (Wildman–Crippen LogP) is 19.0. The number of para-hydroxylation sites is 2. The van der Waals surface area contributed by atoms with Crippen LogP contribution in [0.4, 0.5) is 17.1 Å². The van der Waals surface area contributed by atoms with E-state index in [1.54, 1.807) is 0 Å². The summed E-state index contributed by atoms with van der Waals surface area (Å²) >= 11 is 0. The van der Waals surface area contributed by atoms with Gasteiger partial charge < -0.3 is 4.90 Å². The Morgan fingerprint density at radius 3 is 0.776 bits per heavy atom. The lowest BCUT2D eigenvalue weighted by Gasteiger charge is -2.42. The molecule has 0 N–H and O–H groups in total. The lowest BCUT2D eigenvalue weighted by Crippen LogP contribution is -2.30. The maximum absolute atomic E-state index is 5.14. The van der Waals surface area contributed by atoms with Crippen LogP contribution in [-0.4, -0.2) is 15.0 Å². The van der Waals surface area contributed by atoms with Crippen molar-refractivity contribution in [2.24, 2.45) is 0 Å². The van der Waals surface area contributed by atoms with Crippen LogP contribution >= 0.6 is 0 Å². The summed E-state index contributed by atoms with van der Waals surface area (Å²) in [5, 5.41) is 0. The average molecular weight is 973 g/mol. The summed E-state index contributed by atoms with van der Waals surface area (Å²) in [5.74, 6) is 1.86. The molecule has 0 amide bonds. The zero-order chi connectivity index (χ0) is 51.0. The second-order valence-corrected chi connectivity index (χ2v) is 19.9.